The fraction of sp³-hybridized carbons (Fsp3) is 0.800. The van der Waals surface area contributed by atoms with Gasteiger partial charge in [-0.2, -0.15) is 0 Å². The topological polar surface area (TPSA) is 60.2 Å². The number of ether oxygens (including phenoxy) is 1. The minimum absolute atomic E-state index is 0.214. The molecule has 0 N–H and O–H groups in total. The van der Waals surface area contributed by atoms with Gasteiger partial charge in [-0.1, -0.05) is 13.8 Å². The first-order valence-corrected chi connectivity index (χ1v) is 7.96. The highest BCUT2D eigenvalue weighted by Gasteiger charge is 2.26. The highest BCUT2D eigenvalue weighted by atomic mass is 16.5. The van der Waals surface area contributed by atoms with E-state index in [0.717, 1.165) is 50.6 Å². The van der Waals surface area contributed by atoms with Crippen LogP contribution in [0.25, 0.3) is 0 Å². The van der Waals surface area contributed by atoms with Crippen LogP contribution in [0.2, 0.25) is 0 Å². The molecule has 1 aromatic rings. The molecule has 0 spiro atoms. The van der Waals surface area contributed by atoms with Gasteiger partial charge in [0, 0.05) is 32.0 Å². The summed E-state index contributed by atoms with van der Waals surface area (Å²) in [6, 6.07) is 0. The number of hydrogen-bond acceptors (Lipinski definition) is 4. The van der Waals surface area contributed by atoms with E-state index < -0.39 is 0 Å². The van der Waals surface area contributed by atoms with Crippen LogP contribution in [0.15, 0.2) is 0 Å². The molecule has 0 radical (unpaired) electrons. The van der Waals surface area contributed by atoms with Gasteiger partial charge in [0.1, 0.15) is 5.82 Å². The largest absolute Gasteiger partial charge is 0.378 e. The van der Waals surface area contributed by atoms with Gasteiger partial charge >= 0.3 is 0 Å². The highest BCUT2D eigenvalue weighted by molar-refractivity contribution is 5.76. The van der Waals surface area contributed by atoms with E-state index in [-0.39, 0.29) is 12.0 Å². The molecule has 0 unspecified atom stereocenters. The van der Waals surface area contributed by atoms with Crippen LogP contribution < -0.4 is 0 Å². The number of carbonyl (C=O) groups is 1. The molecule has 1 saturated heterocycles. The smallest absolute Gasteiger partial charge is 0.223 e. The van der Waals surface area contributed by atoms with E-state index in [0.29, 0.717) is 18.9 Å². The second-order valence-electron chi connectivity index (χ2n) is 6.27. The molecule has 0 bridgehead atoms. The number of carbonyl (C=O) groups excluding carboxylic acids is 1. The summed E-state index contributed by atoms with van der Waals surface area (Å²) in [5.41, 5.74) is 0. The Morgan fingerprint density at radius 1 is 1.38 bits per heavy atom. The van der Waals surface area contributed by atoms with Gasteiger partial charge < -0.3 is 14.2 Å². The van der Waals surface area contributed by atoms with E-state index in [9.17, 15) is 4.79 Å². The van der Waals surface area contributed by atoms with Crippen molar-refractivity contribution in [2.24, 2.45) is 0 Å². The quantitative estimate of drug-likeness (QED) is 0.847. The van der Waals surface area contributed by atoms with E-state index in [1.54, 1.807) is 0 Å². The van der Waals surface area contributed by atoms with Gasteiger partial charge in [-0.15, -0.1) is 10.2 Å². The molecule has 0 aromatic carbocycles. The Bertz CT molecular complexity index is 506. The van der Waals surface area contributed by atoms with Crippen molar-refractivity contribution in [3.05, 3.63) is 11.6 Å². The van der Waals surface area contributed by atoms with Crippen molar-refractivity contribution >= 4 is 5.91 Å². The molecule has 0 aliphatic carbocycles. The Balaban J connectivity index is 1.56. The first-order valence-electron chi connectivity index (χ1n) is 7.96. The second-order valence-corrected chi connectivity index (χ2v) is 6.27. The zero-order chi connectivity index (χ0) is 14.8. The van der Waals surface area contributed by atoms with Crippen LogP contribution in [0.4, 0.5) is 0 Å². The molecule has 116 valence electrons. The molecule has 6 heteroatoms. The number of amides is 1. The molecule has 3 heterocycles. The summed E-state index contributed by atoms with van der Waals surface area (Å²) < 4.78 is 7.74. The third-order valence-corrected chi connectivity index (χ3v) is 4.36. The van der Waals surface area contributed by atoms with Crippen molar-refractivity contribution in [2.45, 2.75) is 64.6 Å². The van der Waals surface area contributed by atoms with Crippen molar-refractivity contribution in [1.82, 2.24) is 19.7 Å². The lowest BCUT2D eigenvalue weighted by Crippen LogP contribution is -2.39. The van der Waals surface area contributed by atoms with Crippen LogP contribution >= 0.6 is 0 Å². The predicted molar refractivity (Wildman–Crippen MR) is 77.7 cm³/mol. The fourth-order valence-electron chi connectivity index (χ4n) is 3.13. The number of nitrogens with zero attached hydrogens (tertiary/aromatic N) is 4. The molecular formula is C15H24N4O2. The third-order valence-electron chi connectivity index (χ3n) is 4.36. The average molecular weight is 292 g/mol. The van der Waals surface area contributed by atoms with Gasteiger partial charge in [-0.05, 0) is 19.3 Å². The van der Waals surface area contributed by atoms with Gasteiger partial charge in [0.2, 0.25) is 5.91 Å². The summed E-state index contributed by atoms with van der Waals surface area (Å²) >= 11 is 0. The summed E-state index contributed by atoms with van der Waals surface area (Å²) in [6.45, 7) is 7.25. The van der Waals surface area contributed by atoms with Crippen LogP contribution in [0.3, 0.4) is 0 Å². The predicted octanol–water partition coefficient (Wildman–Crippen LogP) is 1.70. The zero-order valence-corrected chi connectivity index (χ0v) is 12.9. The molecule has 1 amide bonds. The third kappa shape index (κ3) is 3.10. The standard InChI is InChI=1S/C15H24N4O2/c1-11(2)15-17-16-13-10-18(7-8-19(13)15)14(20)6-5-12-4-3-9-21-12/h11-12H,3-10H2,1-2H3/t12-/m1/s1. The first kappa shape index (κ1) is 14.5. The lowest BCUT2D eigenvalue weighted by molar-refractivity contribution is -0.133. The Kier molecular flexibility index (Phi) is 4.24. The lowest BCUT2D eigenvalue weighted by Gasteiger charge is -2.28. The molecular weight excluding hydrogens is 268 g/mol. The van der Waals surface area contributed by atoms with Gasteiger partial charge in [-0.3, -0.25) is 4.79 Å². The second kappa shape index (κ2) is 6.13. The summed E-state index contributed by atoms with van der Waals surface area (Å²) in [4.78, 5) is 14.2. The molecule has 3 rings (SSSR count). The van der Waals surface area contributed by atoms with Crippen LogP contribution in [0.1, 0.15) is 57.1 Å². The fourth-order valence-corrected chi connectivity index (χ4v) is 3.13. The van der Waals surface area contributed by atoms with E-state index in [4.69, 9.17) is 4.74 Å². The van der Waals surface area contributed by atoms with Gasteiger partial charge in [0.15, 0.2) is 5.82 Å². The Morgan fingerprint density at radius 2 is 2.24 bits per heavy atom. The highest BCUT2D eigenvalue weighted by Crippen LogP contribution is 2.21. The molecule has 1 fully saturated rings. The Labute approximate surface area is 125 Å². The molecule has 2 aliphatic heterocycles. The maximum atomic E-state index is 12.3. The van der Waals surface area contributed by atoms with Gasteiger partial charge in [0.05, 0.1) is 12.6 Å². The average Bonchev–Trinajstić information content (AvgIpc) is 3.13. The van der Waals surface area contributed by atoms with Crippen LogP contribution in [0, 0.1) is 0 Å². The number of aromatic nitrogens is 3. The van der Waals surface area contributed by atoms with E-state index in [1.807, 2.05) is 4.90 Å². The van der Waals surface area contributed by atoms with Crippen LogP contribution in [0.5, 0.6) is 0 Å². The maximum absolute atomic E-state index is 12.3. The molecule has 6 nitrogen and oxygen atoms in total. The number of fused-ring (bicyclic) bond motifs is 1. The minimum atomic E-state index is 0.214. The maximum Gasteiger partial charge on any atom is 0.223 e. The van der Waals surface area contributed by atoms with Crippen molar-refractivity contribution in [3.8, 4) is 0 Å². The summed E-state index contributed by atoms with van der Waals surface area (Å²) in [7, 11) is 0. The van der Waals surface area contributed by atoms with Crippen molar-refractivity contribution in [2.75, 3.05) is 13.2 Å². The zero-order valence-electron chi connectivity index (χ0n) is 12.9. The van der Waals surface area contributed by atoms with Crippen LogP contribution in [-0.2, 0) is 22.6 Å². The lowest BCUT2D eigenvalue weighted by atomic mass is 10.1. The summed E-state index contributed by atoms with van der Waals surface area (Å²) in [5.74, 6) is 2.52. The minimum Gasteiger partial charge on any atom is -0.378 e. The van der Waals surface area contributed by atoms with Crippen molar-refractivity contribution in [1.29, 1.82) is 0 Å². The molecule has 1 aromatic heterocycles. The van der Waals surface area contributed by atoms with E-state index in [2.05, 4.69) is 28.6 Å². The first-order chi connectivity index (χ1) is 10.1. The summed E-state index contributed by atoms with van der Waals surface area (Å²) in [5, 5.41) is 8.50. The monoisotopic (exact) mass is 292 g/mol. The normalized spacial score (nSPS) is 21.9. The van der Waals surface area contributed by atoms with Gasteiger partial charge in [-0.25, -0.2) is 0 Å². The molecule has 2 aliphatic rings. The van der Waals surface area contributed by atoms with Crippen molar-refractivity contribution in [3.63, 3.8) is 0 Å². The molecule has 1 atom stereocenters. The van der Waals surface area contributed by atoms with Gasteiger partial charge in [0.25, 0.3) is 0 Å². The molecule has 0 saturated carbocycles. The van der Waals surface area contributed by atoms with E-state index in [1.165, 1.54) is 0 Å². The Hall–Kier alpha value is -1.43. The van der Waals surface area contributed by atoms with E-state index >= 15 is 0 Å². The number of hydrogen-bond donors (Lipinski definition) is 0. The molecule has 21 heavy (non-hydrogen) atoms. The number of rotatable bonds is 4. The summed E-state index contributed by atoms with van der Waals surface area (Å²) in [6.07, 6.45) is 3.94. The van der Waals surface area contributed by atoms with Crippen molar-refractivity contribution < 1.29 is 9.53 Å². The van der Waals surface area contributed by atoms with Crippen LogP contribution in [-0.4, -0.2) is 44.8 Å². The SMILES string of the molecule is CC(C)c1nnc2n1CCN(C(=O)CC[C@H]1CCCO1)C2. The Morgan fingerprint density at radius 3 is 2.95 bits per heavy atom.